The Morgan fingerprint density at radius 3 is 2.55 bits per heavy atom. The lowest BCUT2D eigenvalue weighted by atomic mass is 9.10. The van der Waals surface area contributed by atoms with Crippen LogP contribution in [0, 0.1) is 40.9 Å². The Morgan fingerprint density at radius 1 is 1.07 bits per heavy atom. The summed E-state index contributed by atoms with van der Waals surface area (Å²) in [6, 6.07) is 3.34. The largest absolute Gasteiger partial charge is 0.480 e. The van der Waals surface area contributed by atoms with Gasteiger partial charge in [-0.15, -0.1) is 0 Å². The average Bonchev–Trinajstić information content (AvgIpc) is 3.75. The lowest BCUT2D eigenvalue weighted by Crippen LogP contribution is -2.91. The number of nitrogens with zero attached hydrogens (tertiary/aromatic N) is 7. The molecule has 12 heteroatoms. The third-order valence-corrected chi connectivity index (χ3v) is 11.2. The number of fused-ring (bicyclic) bond motifs is 3. The summed E-state index contributed by atoms with van der Waals surface area (Å²) in [5, 5.41) is 0.775. The number of aryl methyl sites for hydroxylation is 1. The van der Waals surface area contributed by atoms with Crippen LogP contribution < -0.4 is 10.3 Å². The van der Waals surface area contributed by atoms with Gasteiger partial charge in [0.1, 0.15) is 23.4 Å². The Labute approximate surface area is 238 Å². The van der Waals surface area contributed by atoms with Gasteiger partial charge in [-0.3, -0.25) is 9.36 Å². The second-order valence-electron chi connectivity index (χ2n) is 12.9. The molecule has 0 spiro atoms. The van der Waals surface area contributed by atoms with E-state index in [1.165, 1.54) is 17.3 Å². The maximum absolute atomic E-state index is 13.4. The normalized spacial score (nSPS) is 31.9. The van der Waals surface area contributed by atoms with E-state index in [-0.39, 0.29) is 11.0 Å². The smallest absolute Gasteiger partial charge is 0.434 e. The number of imidazole rings is 1. The van der Waals surface area contributed by atoms with Gasteiger partial charge in [0, 0.05) is 49.8 Å². The summed E-state index contributed by atoms with van der Waals surface area (Å²) in [6.45, 7) is 0.565. The molecule has 0 radical (unpaired) electrons. The van der Waals surface area contributed by atoms with Crippen LogP contribution in [0.4, 0.5) is 13.2 Å². The summed E-state index contributed by atoms with van der Waals surface area (Å²) >= 11 is 0. The first kappa shape index (κ1) is 24.7. The first-order chi connectivity index (χ1) is 20.2. The molecule has 0 aliphatic heterocycles. The van der Waals surface area contributed by atoms with Crippen LogP contribution in [0.3, 0.4) is 0 Å². The van der Waals surface area contributed by atoms with E-state index < -0.39 is 11.9 Å². The molecule has 0 N–H and O–H groups in total. The van der Waals surface area contributed by atoms with Crippen molar-refractivity contribution in [1.29, 1.82) is 0 Å². The minimum absolute atomic E-state index is 0.00617. The van der Waals surface area contributed by atoms with Crippen molar-refractivity contribution in [2.24, 2.45) is 48.0 Å². The van der Waals surface area contributed by atoms with Crippen LogP contribution in [-0.2, 0) is 26.2 Å². The molecule has 9 rings (SSSR count). The van der Waals surface area contributed by atoms with Crippen molar-refractivity contribution in [3.63, 3.8) is 0 Å². The summed E-state index contributed by atoms with van der Waals surface area (Å²) in [5.74, 6) is 4.50. The van der Waals surface area contributed by atoms with Gasteiger partial charge in [-0.2, -0.15) is 13.2 Å². The van der Waals surface area contributed by atoms with Gasteiger partial charge in [0.15, 0.2) is 11.5 Å². The molecule has 4 atom stereocenters. The number of ether oxygens (including phenoxy) is 1. The highest BCUT2D eigenvalue weighted by Gasteiger charge is 2.90. The highest BCUT2D eigenvalue weighted by molar-refractivity contribution is 5.78. The Kier molecular flexibility index (Phi) is 4.69. The molecule has 0 aromatic carbocycles. The third-order valence-electron chi connectivity index (χ3n) is 11.2. The summed E-state index contributed by atoms with van der Waals surface area (Å²) in [4.78, 5) is 35.8. The van der Waals surface area contributed by atoms with Crippen molar-refractivity contribution in [2.45, 2.75) is 44.3 Å². The molecule has 4 aromatic heterocycles. The van der Waals surface area contributed by atoms with E-state index in [4.69, 9.17) is 9.72 Å². The number of hydrogen-bond donors (Lipinski definition) is 0. The van der Waals surface area contributed by atoms with Crippen LogP contribution in [0.2, 0.25) is 0 Å². The van der Waals surface area contributed by atoms with Gasteiger partial charge in [0.25, 0.3) is 5.56 Å². The molecule has 216 valence electrons. The number of rotatable bonds is 7. The zero-order valence-electron chi connectivity index (χ0n) is 23.0. The fourth-order valence-corrected chi connectivity index (χ4v) is 9.67. The highest BCUT2D eigenvalue weighted by Crippen LogP contribution is 2.93. The van der Waals surface area contributed by atoms with Crippen molar-refractivity contribution in [3.05, 3.63) is 58.4 Å². The van der Waals surface area contributed by atoms with Gasteiger partial charge in [-0.25, -0.2) is 24.9 Å². The number of hydrogen-bond acceptors (Lipinski definition) is 7. The Bertz CT molecular complexity index is 1840. The fourth-order valence-electron chi connectivity index (χ4n) is 9.67. The van der Waals surface area contributed by atoms with Crippen molar-refractivity contribution in [1.82, 2.24) is 34.1 Å². The molecule has 4 heterocycles. The van der Waals surface area contributed by atoms with Gasteiger partial charge in [-0.1, -0.05) is 0 Å². The lowest BCUT2D eigenvalue weighted by Gasteiger charge is -2.94. The Hall–Kier alpha value is -3.83. The SMILES string of the molecule is COc1ncnc(C2CC2)c1-c1ncc2ccc(=O)n(CC34C5C(Cc6nc(C(F)(F)F)cn6C)C3C3CC5C34)c2n1. The lowest BCUT2D eigenvalue weighted by molar-refractivity contribution is -0.475. The number of halogens is 3. The maximum atomic E-state index is 13.4. The van der Waals surface area contributed by atoms with E-state index in [1.807, 2.05) is 0 Å². The van der Waals surface area contributed by atoms with Crippen LogP contribution in [0.5, 0.6) is 5.88 Å². The van der Waals surface area contributed by atoms with Crippen LogP contribution >= 0.6 is 0 Å². The molecule has 9 nitrogen and oxygen atoms in total. The summed E-state index contributed by atoms with van der Waals surface area (Å²) in [6.07, 6.45) is 3.69. The summed E-state index contributed by atoms with van der Waals surface area (Å²) in [7, 11) is 3.21. The standard InChI is InChI=1S/C30H28F3N7O2/c1-39-10-18(30(31,32)33)37-19(39)8-17-23-15-7-16-22(15)29(23,24(16)17)11-40-20(41)6-5-14-9-34-26(38-27(14)40)21-25(13-3-4-13)35-12-36-28(21)42-2/h5-6,9-10,12-13,15-17,22-24H,3-4,7-8,11H2,1-2H3. The molecule has 42 heavy (non-hydrogen) atoms. The molecule has 5 aliphatic carbocycles. The summed E-state index contributed by atoms with van der Waals surface area (Å²) in [5.41, 5.74) is 1.19. The van der Waals surface area contributed by atoms with E-state index in [0.29, 0.717) is 83.1 Å². The number of methoxy groups -OCH3 is 1. The van der Waals surface area contributed by atoms with Crippen LogP contribution in [0.25, 0.3) is 22.4 Å². The van der Waals surface area contributed by atoms with E-state index in [1.54, 1.807) is 37.1 Å². The topological polar surface area (TPSA) is 101 Å². The molecule has 0 amide bonds. The molecule has 0 bridgehead atoms. The first-order valence-electron chi connectivity index (χ1n) is 14.6. The van der Waals surface area contributed by atoms with Gasteiger partial charge < -0.3 is 9.30 Å². The highest BCUT2D eigenvalue weighted by atomic mass is 19.4. The van der Waals surface area contributed by atoms with E-state index in [0.717, 1.165) is 30.1 Å². The minimum atomic E-state index is -4.45. The van der Waals surface area contributed by atoms with Crippen molar-refractivity contribution >= 4 is 11.0 Å². The van der Waals surface area contributed by atoms with Crippen LogP contribution in [0.1, 0.15) is 42.4 Å². The third kappa shape index (κ3) is 3.00. The molecule has 4 unspecified atom stereocenters. The Balaban J connectivity index is 1.07. The zero-order valence-corrected chi connectivity index (χ0v) is 23.0. The van der Waals surface area contributed by atoms with E-state index >= 15 is 0 Å². The molecule has 5 aliphatic rings. The average molecular weight is 576 g/mol. The molecule has 0 saturated heterocycles. The van der Waals surface area contributed by atoms with Gasteiger partial charge in [0.05, 0.1) is 12.8 Å². The fraction of sp³-hybridized carbons (Fsp3) is 0.533. The van der Waals surface area contributed by atoms with Crippen molar-refractivity contribution < 1.29 is 17.9 Å². The number of pyridine rings is 1. The monoisotopic (exact) mass is 575 g/mol. The maximum Gasteiger partial charge on any atom is 0.434 e. The van der Waals surface area contributed by atoms with Crippen molar-refractivity contribution in [2.75, 3.05) is 7.11 Å². The molecule has 5 saturated carbocycles. The minimum Gasteiger partial charge on any atom is -0.480 e. The van der Waals surface area contributed by atoms with Gasteiger partial charge in [-0.05, 0) is 66.3 Å². The number of aromatic nitrogens is 7. The predicted octanol–water partition coefficient (Wildman–Crippen LogP) is 4.26. The van der Waals surface area contributed by atoms with E-state index in [9.17, 15) is 18.0 Å². The van der Waals surface area contributed by atoms with Crippen LogP contribution in [-0.4, -0.2) is 41.2 Å². The quantitative estimate of drug-likeness (QED) is 0.325. The molecular weight excluding hydrogens is 547 g/mol. The summed E-state index contributed by atoms with van der Waals surface area (Å²) < 4.78 is 48.8. The second kappa shape index (κ2) is 7.96. The van der Waals surface area contributed by atoms with Gasteiger partial charge in [0.2, 0.25) is 5.88 Å². The second-order valence-corrected chi connectivity index (χ2v) is 12.9. The first-order valence-corrected chi connectivity index (χ1v) is 14.6. The Morgan fingerprint density at radius 2 is 1.86 bits per heavy atom. The van der Waals surface area contributed by atoms with Gasteiger partial charge >= 0.3 is 6.18 Å². The molecular formula is C30H28F3N7O2. The molecule has 5 fully saturated rings. The number of alkyl halides is 3. The molecule has 4 aromatic rings. The van der Waals surface area contributed by atoms with Crippen LogP contribution in [0.15, 0.2) is 35.6 Å². The van der Waals surface area contributed by atoms with Crippen molar-refractivity contribution in [3.8, 4) is 17.3 Å². The predicted molar refractivity (Wildman–Crippen MR) is 143 cm³/mol. The van der Waals surface area contributed by atoms with E-state index in [2.05, 4.69) is 19.9 Å². The zero-order chi connectivity index (χ0) is 28.7.